The molecule has 1 aliphatic heterocycles. The van der Waals surface area contributed by atoms with Crippen LogP contribution in [-0.2, 0) is 20.2 Å². The van der Waals surface area contributed by atoms with E-state index in [0.717, 1.165) is 0 Å². The fourth-order valence-corrected chi connectivity index (χ4v) is 3.53. The van der Waals surface area contributed by atoms with Crippen LogP contribution < -0.4 is 5.32 Å². The Hall–Kier alpha value is -1.12. The van der Waals surface area contributed by atoms with Crippen LogP contribution in [0.5, 0.6) is 0 Å². The predicted octanol–water partition coefficient (Wildman–Crippen LogP) is 0.807. The van der Waals surface area contributed by atoms with Crippen molar-refractivity contribution in [1.29, 1.82) is 0 Å². The van der Waals surface area contributed by atoms with Crippen molar-refractivity contribution in [3.63, 3.8) is 0 Å². The number of aromatic nitrogens is 2. The van der Waals surface area contributed by atoms with Crippen molar-refractivity contribution in [2.75, 3.05) is 6.61 Å². The number of aryl methyl sites for hydroxylation is 1. The van der Waals surface area contributed by atoms with Gasteiger partial charge in [-0.2, -0.15) is 5.10 Å². The topological polar surface area (TPSA) is 101 Å². The van der Waals surface area contributed by atoms with Gasteiger partial charge in [-0.3, -0.25) is 9.89 Å². The van der Waals surface area contributed by atoms with Crippen LogP contribution in [0.2, 0.25) is 0 Å². The average molecular weight is 322 g/mol. The monoisotopic (exact) mass is 321 g/mol. The molecule has 9 heteroatoms. The van der Waals surface area contributed by atoms with Crippen molar-refractivity contribution < 1.29 is 17.9 Å². The van der Waals surface area contributed by atoms with Crippen LogP contribution in [0.4, 0.5) is 0 Å². The fraction of sp³-hybridized carbons (Fsp3) is 0.636. The number of nitrogens with one attached hydrogen (secondary N) is 2. The molecule has 2 N–H and O–H groups in total. The Balaban J connectivity index is 2.28. The summed E-state index contributed by atoms with van der Waals surface area (Å²) in [6, 6.07) is -0.157. The minimum absolute atomic E-state index is 0.111. The normalized spacial score (nSPS) is 22.9. The molecule has 1 aromatic heterocycles. The summed E-state index contributed by atoms with van der Waals surface area (Å²) in [5.41, 5.74) is 0.122. The molecule has 0 aromatic carbocycles. The number of carbonyl (C=O) groups is 1. The van der Waals surface area contributed by atoms with Crippen molar-refractivity contribution in [3.05, 3.63) is 11.4 Å². The van der Waals surface area contributed by atoms with E-state index in [0.29, 0.717) is 25.1 Å². The summed E-state index contributed by atoms with van der Waals surface area (Å²) in [5.74, 6) is -0.567. The molecule has 0 radical (unpaired) electrons. The fourth-order valence-electron chi connectivity index (χ4n) is 2.18. The first kappa shape index (κ1) is 15.3. The SMILES string of the molecule is CCc1[nH]nc(C(=O)NC2CCOC2C)c1S(=O)(=O)Cl. The van der Waals surface area contributed by atoms with Gasteiger partial charge in [-0.15, -0.1) is 0 Å². The molecule has 1 aliphatic rings. The third-order valence-corrected chi connectivity index (χ3v) is 4.69. The average Bonchev–Trinajstić information content (AvgIpc) is 2.95. The molecule has 7 nitrogen and oxygen atoms in total. The molecule has 2 rings (SSSR count). The van der Waals surface area contributed by atoms with E-state index < -0.39 is 15.0 Å². The number of halogens is 1. The number of H-pyrrole nitrogens is 1. The highest BCUT2D eigenvalue weighted by atomic mass is 35.7. The second-order valence-corrected chi connectivity index (χ2v) is 7.12. The van der Waals surface area contributed by atoms with E-state index >= 15 is 0 Å². The van der Waals surface area contributed by atoms with Gasteiger partial charge in [0.2, 0.25) is 0 Å². The number of nitrogens with zero attached hydrogens (tertiary/aromatic N) is 1. The van der Waals surface area contributed by atoms with E-state index in [1.807, 2.05) is 6.92 Å². The molecule has 1 amide bonds. The molecular formula is C11H16ClN3O4S. The van der Waals surface area contributed by atoms with Gasteiger partial charge in [-0.05, 0) is 19.8 Å². The van der Waals surface area contributed by atoms with Gasteiger partial charge in [-0.25, -0.2) is 8.42 Å². The Morgan fingerprint density at radius 3 is 2.80 bits per heavy atom. The van der Waals surface area contributed by atoms with E-state index in [4.69, 9.17) is 15.4 Å². The van der Waals surface area contributed by atoms with E-state index in [1.165, 1.54) is 0 Å². The summed E-state index contributed by atoms with van der Waals surface area (Å²) >= 11 is 0. The van der Waals surface area contributed by atoms with E-state index in [1.54, 1.807) is 6.92 Å². The number of carbonyl (C=O) groups excluding carboxylic acids is 1. The van der Waals surface area contributed by atoms with Gasteiger partial charge in [0.25, 0.3) is 15.0 Å². The second kappa shape index (κ2) is 5.71. The molecule has 1 saturated heterocycles. The number of hydrogen-bond acceptors (Lipinski definition) is 5. The Kier molecular flexibility index (Phi) is 4.36. The van der Waals surface area contributed by atoms with Crippen LogP contribution in [-0.4, -0.2) is 43.3 Å². The molecule has 2 atom stereocenters. The van der Waals surface area contributed by atoms with E-state index in [-0.39, 0.29) is 22.7 Å². The molecule has 1 fully saturated rings. The van der Waals surface area contributed by atoms with Crippen LogP contribution >= 0.6 is 10.7 Å². The zero-order valence-corrected chi connectivity index (χ0v) is 12.7. The van der Waals surface area contributed by atoms with Crippen LogP contribution in [0.15, 0.2) is 4.90 Å². The smallest absolute Gasteiger partial charge is 0.273 e. The summed E-state index contributed by atoms with van der Waals surface area (Å²) in [5, 5.41) is 9.05. The number of rotatable bonds is 4. The Bertz CT molecular complexity index is 613. The van der Waals surface area contributed by atoms with Crippen LogP contribution in [0.25, 0.3) is 0 Å². The quantitative estimate of drug-likeness (QED) is 0.799. The lowest BCUT2D eigenvalue weighted by atomic mass is 10.1. The standard InChI is InChI=1S/C11H16ClN3O4S/c1-3-7-10(20(12,17)18)9(15-14-7)11(16)13-8-4-5-19-6(8)2/h6,8H,3-5H2,1-2H3,(H,13,16)(H,14,15). The van der Waals surface area contributed by atoms with Crippen molar-refractivity contribution in [1.82, 2.24) is 15.5 Å². The lowest BCUT2D eigenvalue weighted by molar-refractivity contribution is 0.0859. The minimum atomic E-state index is -4.04. The minimum Gasteiger partial charge on any atom is -0.376 e. The highest BCUT2D eigenvalue weighted by Gasteiger charge is 2.31. The maximum atomic E-state index is 12.2. The Morgan fingerprint density at radius 1 is 1.60 bits per heavy atom. The molecule has 0 spiro atoms. The van der Waals surface area contributed by atoms with E-state index in [2.05, 4.69) is 15.5 Å². The highest BCUT2D eigenvalue weighted by Crippen LogP contribution is 2.23. The van der Waals surface area contributed by atoms with Gasteiger partial charge in [-0.1, -0.05) is 6.92 Å². The van der Waals surface area contributed by atoms with Gasteiger partial charge >= 0.3 is 0 Å². The van der Waals surface area contributed by atoms with Crippen molar-refractivity contribution in [2.45, 2.75) is 43.7 Å². The lowest BCUT2D eigenvalue weighted by Crippen LogP contribution is -2.39. The van der Waals surface area contributed by atoms with Crippen LogP contribution in [0, 0.1) is 0 Å². The van der Waals surface area contributed by atoms with Crippen molar-refractivity contribution in [2.24, 2.45) is 0 Å². The van der Waals surface area contributed by atoms with Gasteiger partial charge in [0.1, 0.15) is 4.90 Å². The Morgan fingerprint density at radius 2 is 2.30 bits per heavy atom. The predicted molar refractivity (Wildman–Crippen MR) is 72.3 cm³/mol. The first-order valence-corrected chi connectivity index (χ1v) is 8.60. The summed E-state index contributed by atoms with van der Waals surface area (Å²) in [4.78, 5) is 11.9. The molecule has 0 saturated carbocycles. The lowest BCUT2D eigenvalue weighted by Gasteiger charge is -2.15. The third kappa shape index (κ3) is 2.97. The maximum absolute atomic E-state index is 12.2. The van der Waals surface area contributed by atoms with Crippen molar-refractivity contribution in [3.8, 4) is 0 Å². The molecule has 0 bridgehead atoms. The number of hydrogen-bond donors (Lipinski definition) is 2. The number of amides is 1. The molecule has 2 unspecified atom stereocenters. The van der Waals surface area contributed by atoms with Gasteiger partial charge in [0, 0.05) is 17.3 Å². The highest BCUT2D eigenvalue weighted by molar-refractivity contribution is 8.13. The summed E-state index contributed by atoms with van der Waals surface area (Å²) in [6.45, 7) is 4.15. The zero-order valence-electron chi connectivity index (χ0n) is 11.1. The van der Waals surface area contributed by atoms with Gasteiger partial charge in [0.15, 0.2) is 5.69 Å². The van der Waals surface area contributed by atoms with Gasteiger partial charge in [0.05, 0.1) is 17.8 Å². The maximum Gasteiger partial charge on any atom is 0.273 e. The Labute approximate surface area is 121 Å². The first-order valence-electron chi connectivity index (χ1n) is 6.29. The summed E-state index contributed by atoms with van der Waals surface area (Å²) < 4.78 is 28.5. The van der Waals surface area contributed by atoms with Crippen molar-refractivity contribution >= 4 is 25.6 Å². The second-order valence-electron chi connectivity index (χ2n) is 4.62. The third-order valence-electron chi connectivity index (χ3n) is 3.30. The first-order chi connectivity index (χ1) is 9.34. The largest absolute Gasteiger partial charge is 0.376 e. The summed E-state index contributed by atoms with van der Waals surface area (Å²) in [7, 11) is 1.35. The van der Waals surface area contributed by atoms with Crippen LogP contribution in [0.3, 0.4) is 0 Å². The number of aromatic amines is 1. The zero-order chi connectivity index (χ0) is 14.9. The molecule has 1 aromatic rings. The molecule has 2 heterocycles. The van der Waals surface area contributed by atoms with Gasteiger partial charge < -0.3 is 10.1 Å². The molecular weight excluding hydrogens is 306 g/mol. The van der Waals surface area contributed by atoms with Crippen LogP contribution in [0.1, 0.15) is 36.5 Å². The molecule has 112 valence electrons. The summed E-state index contributed by atoms with van der Waals surface area (Å²) in [6.07, 6.45) is 0.949. The molecule has 0 aliphatic carbocycles. The van der Waals surface area contributed by atoms with E-state index in [9.17, 15) is 13.2 Å². The molecule has 20 heavy (non-hydrogen) atoms. The number of ether oxygens (including phenoxy) is 1.